The zero-order valence-electron chi connectivity index (χ0n) is 10.7. The summed E-state index contributed by atoms with van der Waals surface area (Å²) in [6.45, 7) is 4.70. The Bertz CT molecular complexity index is 418. The normalized spacial score (nSPS) is 12.6. The molecule has 0 spiro atoms. The molecule has 0 fully saturated rings. The van der Waals surface area contributed by atoms with Crippen LogP contribution in [0.3, 0.4) is 0 Å². The second-order valence-corrected chi connectivity index (χ2v) is 4.01. The van der Waals surface area contributed by atoms with Crippen molar-refractivity contribution >= 4 is 12.2 Å². The monoisotopic (exact) mass is 249 g/mol. The first-order chi connectivity index (χ1) is 8.61. The summed E-state index contributed by atoms with van der Waals surface area (Å²) < 4.78 is 5.64. The second-order valence-electron chi connectivity index (χ2n) is 4.01. The lowest BCUT2D eigenvalue weighted by Gasteiger charge is -2.10. The molecule has 0 radical (unpaired) electrons. The Hall–Kier alpha value is -1.88. The number of carbonyl (C=O) groups excluding carboxylic acids is 1. The Morgan fingerprint density at radius 2 is 2.39 bits per heavy atom. The van der Waals surface area contributed by atoms with Gasteiger partial charge in [0.05, 0.1) is 18.9 Å². The van der Waals surface area contributed by atoms with Crippen molar-refractivity contribution in [1.82, 2.24) is 5.43 Å². The fourth-order valence-electron chi connectivity index (χ4n) is 1.29. The van der Waals surface area contributed by atoms with E-state index in [2.05, 4.69) is 17.5 Å². The first-order valence-electron chi connectivity index (χ1n) is 5.91. The number of nitrogens with two attached hydrogens (primary N) is 1. The number of hydrogen-bond donors (Lipinski definition) is 2. The third-order valence-electron chi connectivity index (χ3n) is 2.45. The highest BCUT2D eigenvalue weighted by Crippen LogP contribution is 2.07. The molecule has 2 amide bonds. The zero-order valence-corrected chi connectivity index (χ0v) is 10.7. The molecule has 1 unspecified atom stereocenters. The molecule has 0 bridgehead atoms. The van der Waals surface area contributed by atoms with Crippen LogP contribution < -0.4 is 11.2 Å². The lowest BCUT2D eigenvalue weighted by Crippen LogP contribution is -2.24. The summed E-state index contributed by atoms with van der Waals surface area (Å²) in [6, 6.07) is 7.07. The van der Waals surface area contributed by atoms with Gasteiger partial charge in [0.2, 0.25) is 0 Å². The van der Waals surface area contributed by atoms with E-state index >= 15 is 0 Å². The van der Waals surface area contributed by atoms with Crippen LogP contribution in [0.5, 0.6) is 0 Å². The molecule has 0 saturated carbocycles. The van der Waals surface area contributed by atoms with Crippen molar-refractivity contribution < 1.29 is 9.53 Å². The minimum absolute atomic E-state index is 0.249. The zero-order chi connectivity index (χ0) is 13.4. The number of urea groups is 1. The Morgan fingerprint density at radius 3 is 3.06 bits per heavy atom. The van der Waals surface area contributed by atoms with Gasteiger partial charge in [0.25, 0.3) is 0 Å². The van der Waals surface area contributed by atoms with Gasteiger partial charge >= 0.3 is 6.03 Å². The number of nitrogens with zero attached hydrogens (tertiary/aromatic N) is 1. The summed E-state index contributed by atoms with van der Waals surface area (Å²) >= 11 is 0. The van der Waals surface area contributed by atoms with E-state index in [1.165, 1.54) is 6.21 Å². The number of rotatable bonds is 6. The van der Waals surface area contributed by atoms with Crippen LogP contribution in [0.4, 0.5) is 4.79 Å². The van der Waals surface area contributed by atoms with Gasteiger partial charge in [0.15, 0.2) is 0 Å². The standard InChI is InChI=1S/C13H19N3O2/c1-3-10(2)18-9-12-6-4-5-11(7-12)8-15-16-13(14)17/h4-8,10H,3,9H2,1-2H3,(H3,14,16,17). The lowest BCUT2D eigenvalue weighted by molar-refractivity contribution is 0.0508. The molecule has 0 aliphatic carbocycles. The third-order valence-corrected chi connectivity index (χ3v) is 2.45. The van der Waals surface area contributed by atoms with Gasteiger partial charge in [0, 0.05) is 0 Å². The molecule has 0 aliphatic rings. The van der Waals surface area contributed by atoms with Crippen molar-refractivity contribution in [3.8, 4) is 0 Å². The van der Waals surface area contributed by atoms with Gasteiger partial charge in [-0.3, -0.25) is 0 Å². The average molecular weight is 249 g/mol. The summed E-state index contributed by atoms with van der Waals surface area (Å²) in [6.07, 6.45) is 2.78. The van der Waals surface area contributed by atoms with Gasteiger partial charge in [-0.1, -0.05) is 25.1 Å². The molecular formula is C13H19N3O2. The number of nitrogens with one attached hydrogen (secondary N) is 1. The molecule has 5 nitrogen and oxygen atoms in total. The van der Waals surface area contributed by atoms with Crippen LogP contribution in [0.15, 0.2) is 29.4 Å². The van der Waals surface area contributed by atoms with E-state index in [0.29, 0.717) is 6.61 Å². The molecule has 18 heavy (non-hydrogen) atoms. The summed E-state index contributed by atoms with van der Waals surface area (Å²) in [5, 5.41) is 3.70. The minimum atomic E-state index is -0.678. The maximum atomic E-state index is 10.4. The molecule has 1 rings (SSSR count). The number of hydrazone groups is 1. The van der Waals surface area contributed by atoms with Crippen LogP contribution in [0.1, 0.15) is 31.4 Å². The maximum Gasteiger partial charge on any atom is 0.332 e. The number of hydrogen-bond acceptors (Lipinski definition) is 3. The highest BCUT2D eigenvalue weighted by molar-refractivity contribution is 5.81. The maximum absolute atomic E-state index is 10.4. The van der Waals surface area contributed by atoms with Crippen LogP contribution in [0.2, 0.25) is 0 Å². The molecule has 1 aromatic rings. The van der Waals surface area contributed by atoms with Gasteiger partial charge in [-0.15, -0.1) is 0 Å². The largest absolute Gasteiger partial charge is 0.374 e. The Balaban J connectivity index is 2.56. The summed E-state index contributed by atoms with van der Waals surface area (Å²) in [7, 11) is 0. The topological polar surface area (TPSA) is 76.7 Å². The molecule has 0 aromatic heterocycles. The Kier molecular flexibility index (Phi) is 5.87. The van der Waals surface area contributed by atoms with Crippen molar-refractivity contribution in [2.75, 3.05) is 0 Å². The average Bonchev–Trinajstić information content (AvgIpc) is 2.36. The predicted octanol–water partition coefficient (Wildman–Crippen LogP) is 2.00. The fraction of sp³-hybridized carbons (Fsp3) is 0.385. The molecule has 1 aromatic carbocycles. The molecule has 0 heterocycles. The van der Waals surface area contributed by atoms with Crippen molar-refractivity contribution in [2.45, 2.75) is 33.0 Å². The molecule has 1 atom stereocenters. The van der Waals surface area contributed by atoms with Gasteiger partial charge in [-0.25, -0.2) is 10.2 Å². The quantitative estimate of drug-likeness (QED) is 0.597. The highest BCUT2D eigenvalue weighted by Gasteiger charge is 2.00. The molecular weight excluding hydrogens is 230 g/mol. The summed E-state index contributed by atoms with van der Waals surface area (Å²) in [5.41, 5.74) is 9.00. The molecule has 98 valence electrons. The Labute approximate surface area is 107 Å². The van der Waals surface area contributed by atoms with Crippen LogP contribution in [-0.4, -0.2) is 18.3 Å². The predicted molar refractivity (Wildman–Crippen MR) is 71.3 cm³/mol. The lowest BCUT2D eigenvalue weighted by atomic mass is 10.1. The van der Waals surface area contributed by atoms with Crippen molar-refractivity contribution in [2.24, 2.45) is 10.8 Å². The molecule has 3 N–H and O–H groups in total. The number of carbonyl (C=O) groups is 1. The molecule has 5 heteroatoms. The van der Waals surface area contributed by atoms with Crippen molar-refractivity contribution in [3.63, 3.8) is 0 Å². The van der Waals surface area contributed by atoms with Crippen molar-refractivity contribution in [3.05, 3.63) is 35.4 Å². The molecule has 0 saturated heterocycles. The second kappa shape index (κ2) is 7.45. The molecule has 0 aliphatic heterocycles. The van der Waals surface area contributed by atoms with E-state index in [1.807, 2.05) is 31.2 Å². The number of benzene rings is 1. The highest BCUT2D eigenvalue weighted by atomic mass is 16.5. The van der Waals surface area contributed by atoms with Crippen LogP contribution in [0.25, 0.3) is 0 Å². The Morgan fingerprint density at radius 1 is 1.61 bits per heavy atom. The number of primary amides is 1. The van der Waals surface area contributed by atoms with E-state index in [-0.39, 0.29) is 6.10 Å². The SMILES string of the molecule is CCC(C)OCc1cccc(C=NNC(N)=O)c1. The van der Waals surface area contributed by atoms with E-state index in [0.717, 1.165) is 17.5 Å². The smallest absolute Gasteiger partial charge is 0.332 e. The van der Waals surface area contributed by atoms with Gasteiger partial charge < -0.3 is 10.5 Å². The number of ether oxygens (including phenoxy) is 1. The van der Waals surface area contributed by atoms with E-state index in [9.17, 15) is 4.79 Å². The fourth-order valence-corrected chi connectivity index (χ4v) is 1.29. The van der Waals surface area contributed by atoms with E-state index < -0.39 is 6.03 Å². The van der Waals surface area contributed by atoms with Crippen LogP contribution in [0, 0.1) is 0 Å². The van der Waals surface area contributed by atoms with Gasteiger partial charge in [-0.2, -0.15) is 5.10 Å². The van der Waals surface area contributed by atoms with Crippen LogP contribution in [-0.2, 0) is 11.3 Å². The first-order valence-corrected chi connectivity index (χ1v) is 5.91. The number of amides is 2. The van der Waals surface area contributed by atoms with Gasteiger partial charge in [0.1, 0.15) is 0 Å². The first kappa shape index (κ1) is 14.2. The minimum Gasteiger partial charge on any atom is -0.374 e. The van der Waals surface area contributed by atoms with Gasteiger partial charge in [-0.05, 0) is 30.5 Å². The summed E-state index contributed by atoms with van der Waals surface area (Å²) in [4.78, 5) is 10.4. The summed E-state index contributed by atoms with van der Waals surface area (Å²) in [5.74, 6) is 0. The van der Waals surface area contributed by atoms with E-state index in [4.69, 9.17) is 10.5 Å². The van der Waals surface area contributed by atoms with E-state index in [1.54, 1.807) is 0 Å². The third kappa shape index (κ3) is 5.45. The van der Waals surface area contributed by atoms with Crippen molar-refractivity contribution in [1.29, 1.82) is 0 Å². The van der Waals surface area contributed by atoms with Crippen LogP contribution >= 0.6 is 0 Å².